The molecule has 0 N–H and O–H groups in total. The van der Waals surface area contributed by atoms with Gasteiger partial charge in [0.25, 0.3) is 0 Å². The van der Waals surface area contributed by atoms with Crippen molar-refractivity contribution in [3.05, 3.63) is 164 Å². The molecule has 9 aromatic rings. The lowest BCUT2D eigenvalue weighted by molar-refractivity contribution is 1.18. The Labute approximate surface area is 271 Å². The molecule has 1 nitrogen and oxygen atoms in total. The van der Waals surface area contributed by atoms with Crippen LogP contribution in [0.15, 0.2) is 174 Å². The largest absolute Gasteiger partial charge is 0.309 e. The summed E-state index contributed by atoms with van der Waals surface area (Å²) in [5, 5.41) is 7.74. The summed E-state index contributed by atoms with van der Waals surface area (Å²) in [7, 11) is 0. The molecule has 1 aromatic heterocycles. The highest BCUT2D eigenvalue weighted by molar-refractivity contribution is 7.99. The first kappa shape index (κ1) is 25.7. The molecule has 0 saturated heterocycles. The molecule has 0 radical (unpaired) electrons. The van der Waals surface area contributed by atoms with Gasteiger partial charge in [0.1, 0.15) is 0 Å². The lowest BCUT2D eigenvalue weighted by atomic mass is 9.91. The lowest BCUT2D eigenvalue weighted by Gasteiger charge is -2.21. The molecule has 0 saturated carbocycles. The molecule has 0 atom stereocenters. The lowest BCUT2D eigenvalue weighted by Crippen LogP contribution is -1.97. The van der Waals surface area contributed by atoms with Crippen LogP contribution in [-0.4, -0.2) is 4.57 Å². The van der Waals surface area contributed by atoms with Gasteiger partial charge < -0.3 is 4.57 Å². The van der Waals surface area contributed by atoms with Crippen molar-refractivity contribution in [1.29, 1.82) is 0 Å². The van der Waals surface area contributed by atoms with Crippen molar-refractivity contribution in [3.63, 3.8) is 0 Å². The Morgan fingerprint density at radius 1 is 0.370 bits per heavy atom. The Balaban J connectivity index is 1.13. The third kappa shape index (κ3) is 3.77. The van der Waals surface area contributed by atoms with E-state index in [1.165, 1.54) is 92.2 Å². The molecule has 8 aromatic carbocycles. The molecule has 1 aliphatic heterocycles. The molecular weight excluding hydrogens is 575 g/mol. The first-order valence-electron chi connectivity index (χ1n) is 15.8. The molecule has 46 heavy (non-hydrogen) atoms. The zero-order valence-corrected chi connectivity index (χ0v) is 25.8. The predicted molar refractivity (Wildman–Crippen MR) is 196 cm³/mol. The van der Waals surface area contributed by atoms with Crippen LogP contribution in [0.25, 0.3) is 82.4 Å². The highest BCUT2D eigenvalue weighted by Crippen LogP contribution is 2.49. The summed E-state index contributed by atoms with van der Waals surface area (Å²) in [6.07, 6.45) is 0. The second-order valence-corrected chi connectivity index (χ2v) is 13.2. The Morgan fingerprint density at radius 2 is 1.02 bits per heavy atom. The monoisotopic (exact) mass is 601 g/mol. The summed E-state index contributed by atoms with van der Waals surface area (Å²) >= 11 is 1.88. The van der Waals surface area contributed by atoms with Gasteiger partial charge in [0.05, 0.1) is 16.7 Å². The van der Waals surface area contributed by atoms with E-state index in [0.29, 0.717) is 0 Å². The van der Waals surface area contributed by atoms with Crippen LogP contribution >= 0.6 is 11.8 Å². The molecular formula is C44H27NS. The molecule has 0 spiro atoms. The highest BCUT2D eigenvalue weighted by atomic mass is 32.2. The number of rotatable bonds is 3. The number of hydrogen-bond acceptors (Lipinski definition) is 1. The number of fused-ring (bicyclic) bond motifs is 6. The fraction of sp³-hybridized carbons (Fsp3) is 0. The van der Waals surface area contributed by atoms with Crippen molar-refractivity contribution in [3.8, 4) is 39.1 Å². The molecule has 10 rings (SSSR count). The minimum atomic E-state index is 1.19. The predicted octanol–water partition coefficient (Wildman–Crippen LogP) is 12.6. The van der Waals surface area contributed by atoms with Crippen LogP contribution in [0.3, 0.4) is 0 Å². The van der Waals surface area contributed by atoms with Crippen LogP contribution in [-0.2, 0) is 0 Å². The molecule has 2 heteroatoms. The van der Waals surface area contributed by atoms with E-state index in [-0.39, 0.29) is 0 Å². The van der Waals surface area contributed by atoms with Gasteiger partial charge >= 0.3 is 0 Å². The maximum Gasteiger partial charge on any atom is 0.0547 e. The van der Waals surface area contributed by atoms with Crippen molar-refractivity contribution in [2.45, 2.75) is 9.79 Å². The summed E-state index contributed by atoms with van der Waals surface area (Å²) < 4.78 is 2.45. The van der Waals surface area contributed by atoms with Gasteiger partial charge in [-0.25, -0.2) is 0 Å². The fourth-order valence-corrected chi connectivity index (χ4v) is 8.62. The summed E-state index contributed by atoms with van der Waals surface area (Å²) in [5.41, 5.74) is 11.2. The highest BCUT2D eigenvalue weighted by Gasteiger charge is 2.21. The smallest absolute Gasteiger partial charge is 0.0547 e. The van der Waals surface area contributed by atoms with Gasteiger partial charge in [0.15, 0.2) is 0 Å². The normalized spacial score (nSPS) is 12.3. The van der Waals surface area contributed by atoms with Gasteiger partial charge in [-0.3, -0.25) is 0 Å². The van der Waals surface area contributed by atoms with Gasteiger partial charge in [0, 0.05) is 31.5 Å². The second-order valence-electron chi connectivity index (χ2n) is 12.1. The molecule has 0 bridgehead atoms. The van der Waals surface area contributed by atoms with Gasteiger partial charge in [0.2, 0.25) is 0 Å². The second kappa shape index (κ2) is 9.97. The number of aromatic nitrogens is 1. The Morgan fingerprint density at radius 3 is 1.89 bits per heavy atom. The summed E-state index contributed by atoms with van der Waals surface area (Å²) in [6.45, 7) is 0. The Hall–Kier alpha value is -5.57. The Bertz CT molecular complexity index is 2660. The minimum Gasteiger partial charge on any atom is -0.309 e. The van der Waals surface area contributed by atoms with Crippen molar-refractivity contribution < 1.29 is 0 Å². The average molecular weight is 602 g/mol. The molecule has 0 amide bonds. The first-order chi connectivity index (χ1) is 22.8. The fourth-order valence-electron chi connectivity index (χ4n) is 7.49. The van der Waals surface area contributed by atoms with Gasteiger partial charge in [-0.15, -0.1) is 0 Å². The maximum atomic E-state index is 2.45. The third-order valence-electron chi connectivity index (χ3n) is 9.59. The Kier molecular flexibility index (Phi) is 5.58. The van der Waals surface area contributed by atoms with Crippen molar-refractivity contribution >= 4 is 55.1 Å². The van der Waals surface area contributed by atoms with E-state index < -0.39 is 0 Å². The maximum absolute atomic E-state index is 2.45. The quantitative estimate of drug-likeness (QED) is 0.195. The van der Waals surface area contributed by atoms with Crippen LogP contribution in [0.5, 0.6) is 0 Å². The average Bonchev–Trinajstić information content (AvgIpc) is 3.44. The van der Waals surface area contributed by atoms with Gasteiger partial charge in [-0.2, -0.15) is 0 Å². The van der Waals surface area contributed by atoms with Crippen LogP contribution in [0.1, 0.15) is 0 Å². The van der Waals surface area contributed by atoms with E-state index >= 15 is 0 Å². The number of benzene rings is 8. The van der Waals surface area contributed by atoms with Crippen molar-refractivity contribution in [2.24, 2.45) is 0 Å². The van der Waals surface area contributed by atoms with Crippen molar-refractivity contribution in [2.75, 3.05) is 0 Å². The number of nitrogens with zero attached hydrogens (tertiary/aromatic N) is 1. The van der Waals surface area contributed by atoms with E-state index in [2.05, 4.69) is 168 Å². The first-order valence-corrected chi connectivity index (χ1v) is 16.6. The van der Waals surface area contributed by atoms with Gasteiger partial charge in [-0.1, -0.05) is 139 Å². The minimum absolute atomic E-state index is 1.19. The van der Waals surface area contributed by atoms with E-state index in [1.807, 2.05) is 11.8 Å². The number of para-hydroxylation sites is 2. The molecule has 214 valence electrons. The summed E-state index contributed by atoms with van der Waals surface area (Å²) in [4.78, 5) is 2.66. The molecule has 0 unspecified atom stereocenters. The molecule has 1 aliphatic rings. The zero-order valence-electron chi connectivity index (χ0n) is 24.9. The van der Waals surface area contributed by atoms with E-state index in [9.17, 15) is 0 Å². The van der Waals surface area contributed by atoms with Crippen molar-refractivity contribution in [1.82, 2.24) is 4.57 Å². The third-order valence-corrected chi connectivity index (χ3v) is 10.7. The van der Waals surface area contributed by atoms with Crippen LogP contribution in [0.4, 0.5) is 0 Å². The SMILES string of the molecule is c1ccc2c(c1)Sc1ccc(-c3ccc(-c4ccccc4-n4c5ccccc5c5cc6ccccc6cc54)cc3)c3cccc-2c13. The molecule has 0 aliphatic carbocycles. The number of hydrogen-bond donors (Lipinski definition) is 0. The zero-order chi connectivity index (χ0) is 30.2. The van der Waals surface area contributed by atoms with Gasteiger partial charge in [-0.05, 0) is 80.4 Å². The van der Waals surface area contributed by atoms with Crippen LogP contribution < -0.4 is 0 Å². The standard InChI is InChI=1S/C44H27NS/c1-2-11-31-27-41-38(26-30(31)10-1)34-13-4-7-18-40(34)45(41)39-17-6-3-12-33(39)29-22-20-28(21-23-29)32-24-25-43-44-36(32)15-9-16-37(44)35-14-5-8-19-42(35)46-43/h1-27H. The summed E-state index contributed by atoms with van der Waals surface area (Å²) in [5.74, 6) is 0. The van der Waals surface area contributed by atoms with Crippen LogP contribution in [0.2, 0.25) is 0 Å². The van der Waals surface area contributed by atoms with Crippen LogP contribution in [0, 0.1) is 0 Å². The molecule has 2 heterocycles. The van der Waals surface area contributed by atoms with E-state index in [1.54, 1.807) is 0 Å². The molecule has 0 fully saturated rings. The van der Waals surface area contributed by atoms with E-state index in [0.717, 1.165) is 0 Å². The van der Waals surface area contributed by atoms with E-state index in [4.69, 9.17) is 0 Å². The topological polar surface area (TPSA) is 4.93 Å². The summed E-state index contributed by atoms with van der Waals surface area (Å²) in [6, 6.07) is 60.2.